The number of rotatable bonds is 7. The molecule has 5 rings (SSSR count). The molecule has 0 saturated carbocycles. The Labute approximate surface area is 181 Å². The van der Waals surface area contributed by atoms with Crippen LogP contribution in [0.5, 0.6) is 11.5 Å². The molecule has 0 saturated heterocycles. The number of aromatic nitrogens is 1. The zero-order valence-electron chi connectivity index (χ0n) is 17.1. The van der Waals surface area contributed by atoms with Gasteiger partial charge in [-0.3, -0.25) is 4.79 Å². The number of ether oxygens (including phenoxy) is 2. The van der Waals surface area contributed by atoms with E-state index < -0.39 is 0 Å². The lowest BCUT2D eigenvalue weighted by molar-refractivity contribution is -0.121. The summed E-state index contributed by atoms with van der Waals surface area (Å²) < 4.78 is 11.0. The Balaban J connectivity index is 1.38. The lowest BCUT2D eigenvalue weighted by Gasteiger charge is -2.18. The van der Waals surface area contributed by atoms with E-state index in [0.717, 1.165) is 39.9 Å². The van der Waals surface area contributed by atoms with Crippen molar-refractivity contribution < 1.29 is 14.3 Å². The first kappa shape index (κ1) is 19.2. The van der Waals surface area contributed by atoms with Crippen LogP contribution in [0.3, 0.4) is 0 Å². The number of hydrogen-bond acceptors (Lipinski definition) is 3. The number of benzene rings is 3. The zero-order chi connectivity index (χ0) is 21.0. The van der Waals surface area contributed by atoms with Crippen molar-refractivity contribution in [3.8, 4) is 11.5 Å². The maximum absolute atomic E-state index is 12.9. The molecule has 2 heterocycles. The highest BCUT2D eigenvalue weighted by molar-refractivity contribution is 5.86. The minimum absolute atomic E-state index is 0.0314. The van der Waals surface area contributed by atoms with E-state index in [-0.39, 0.29) is 18.6 Å². The molecule has 156 valence electrons. The summed E-state index contributed by atoms with van der Waals surface area (Å²) >= 11 is 0. The van der Waals surface area contributed by atoms with Gasteiger partial charge in [0, 0.05) is 36.0 Å². The van der Waals surface area contributed by atoms with Crippen LogP contribution in [-0.2, 0) is 11.2 Å². The van der Waals surface area contributed by atoms with Crippen molar-refractivity contribution in [1.82, 2.24) is 10.3 Å². The molecule has 31 heavy (non-hydrogen) atoms. The van der Waals surface area contributed by atoms with Gasteiger partial charge in [-0.1, -0.05) is 54.6 Å². The third-order valence-electron chi connectivity index (χ3n) is 5.76. The van der Waals surface area contributed by atoms with E-state index >= 15 is 0 Å². The Morgan fingerprint density at radius 3 is 2.68 bits per heavy atom. The van der Waals surface area contributed by atoms with Crippen molar-refractivity contribution in [2.45, 2.75) is 18.8 Å². The van der Waals surface area contributed by atoms with E-state index in [1.165, 1.54) is 5.56 Å². The number of nitrogens with one attached hydrogen (secondary N) is 2. The second-order valence-electron chi connectivity index (χ2n) is 7.74. The highest BCUT2D eigenvalue weighted by atomic mass is 16.7. The standard InChI is InChI=1S/C26H24N2O3/c29-26(27-13-12-18-6-2-1-3-7-18)15-21(19-10-11-24-25(14-19)31-17-30-24)22-16-28-23-9-5-4-8-20(22)23/h1-11,14,16,21,28H,12-13,15,17H2,(H,27,29)/t21-/m0/s1. The topological polar surface area (TPSA) is 63.4 Å². The molecule has 5 heteroatoms. The molecule has 1 atom stereocenters. The summed E-state index contributed by atoms with van der Waals surface area (Å²) in [6.07, 6.45) is 3.18. The summed E-state index contributed by atoms with van der Waals surface area (Å²) in [5, 5.41) is 4.22. The number of hydrogen-bond donors (Lipinski definition) is 2. The van der Waals surface area contributed by atoms with Gasteiger partial charge in [-0.25, -0.2) is 0 Å². The van der Waals surface area contributed by atoms with Gasteiger partial charge in [-0.2, -0.15) is 0 Å². The minimum Gasteiger partial charge on any atom is -0.454 e. The summed E-state index contributed by atoms with van der Waals surface area (Å²) in [4.78, 5) is 16.2. The van der Waals surface area contributed by atoms with Crippen LogP contribution < -0.4 is 14.8 Å². The molecule has 0 aliphatic carbocycles. The summed E-state index contributed by atoms with van der Waals surface area (Å²) in [5.41, 5.74) is 4.42. The summed E-state index contributed by atoms with van der Waals surface area (Å²) in [5.74, 6) is 1.41. The number of para-hydroxylation sites is 1. The third kappa shape index (κ3) is 4.12. The van der Waals surface area contributed by atoms with Crippen LogP contribution in [0.25, 0.3) is 10.9 Å². The minimum atomic E-state index is -0.0950. The first-order valence-corrected chi connectivity index (χ1v) is 10.5. The number of amides is 1. The largest absolute Gasteiger partial charge is 0.454 e. The lowest BCUT2D eigenvalue weighted by atomic mass is 9.87. The molecule has 1 aromatic heterocycles. The maximum Gasteiger partial charge on any atom is 0.231 e. The Kier molecular flexibility index (Phi) is 5.31. The number of aromatic amines is 1. The molecule has 4 aromatic rings. The number of fused-ring (bicyclic) bond motifs is 2. The molecule has 0 fully saturated rings. The van der Waals surface area contributed by atoms with Crippen LogP contribution in [0.4, 0.5) is 0 Å². The van der Waals surface area contributed by atoms with E-state index in [1.807, 2.05) is 54.7 Å². The quantitative estimate of drug-likeness (QED) is 0.459. The highest BCUT2D eigenvalue weighted by Gasteiger charge is 2.24. The SMILES string of the molecule is O=C(C[C@@H](c1ccc2c(c1)OCO2)c1c[nH]c2ccccc12)NCCc1ccccc1. The Bertz CT molecular complexity index is 1200. The van der Waals surface area contributed by atoms with Crippen LogP contribution in [0.2, 0.25) is 0 Å². The third-order valence-corrected chi connectivity index (χ3v) is 5.76. The lowest BCUT2D eigenvalue weighted by Crippen LogP contribution is -2.27. The molecule has 0 unspecified atom stereocenters. The summed E-state index contributed by atoms with van der Waals surface area (Å²) in [7, 11) is 0. The average Bonchev–Trinajstić information content (AvgIpc) is 3.45. The fourth-order valence-electron chi connectivity index (χ4n) is 4.17. The van der Waals surface area contributed by atoms with Crippen molar-refractivity contribution >= 4 is 16.8 Å². The van der Waals surface area contributed by atoms with Gasteiger partial charge in [0.25, 0.3) is 0 Å². The molecule has 2 N–H and O–H groups in total. The average molecular weight is 412 g/mol. The first-order valence-electron chi connectivity index (χ1n) is 10.5. The molecule has 0 radical (unpaired) electrons. The van der Waals surface area contributed by atoms with Crippen LogP contribution in [-0.4, -0.2) is 24.2 Å². The van der Waals surface area contributed by atoms with Crippen molar-refractivity contribution in [2.24, 2.45) is 0 Å². The van der Waals surface area contributed by atoms with Gasteiger partial charge in [0.2, 0.25) is 12.7 Å². The molecule has 1 aliphatic heterocycles. The molecule has 5 nitrogen and oxygen atoms in total. The Hall–Kier alpha value is -3.73. The summed E-state index contributed by atoms with van der Waals surface area (Å²) in [6, 6.07) is 24.3. The van der Waals surface area contributed by atoms with Gasteiger partial charge in [-0.15, -0.1) is 0 Å². The normalized spacial score (nSPS) is 13.3. The number of H-pyrrole nitrogens is 1. The molecule has 0 bridgehead atoms. The van der Waals surface area contributed by atoms with E-state index in [0.29, 0.717) is 13.0 Å². The fraction of sp³-hybridized carbons (Fsp3) is 0.192. The highest BCUT2D eigenvalue weighted by Crippen LogP contribution is 2.39. The molecular weight excluding hydrogens is 388 g/mol. The predicted molar refractivity (Wildman–Crippen MR) is 120 cm³/mol. The Morgan fingerprint density at radius 2 is 1.77 bits per heavy atom. The van der Waals surface area contributed by atoms with Crippen LogP contribution >= 0.6 is 0 Å². The number of carbonyl (C=O) groups excluding carboxylic acids is 1. The second kappa shape index (κ2) is 8.56. The first-order chi connectivity index (χ1) is 15.3. The maximum atomic E-state index is 12.9. The van der Waals surface area contributed by atoms with Crippen molar-refractivity contribution in [3.05, 3.63) is 95.7 Å². The van der Waals surface area contributed by atoms with Crippen molar-refractivity contribution in [2.75, 3.05) is 13.3 Å². The zero-order valence-corrected chi connectivity index (χ0v) is 17.1. The van der Waals surface area contributed by atoms with Crippen molar-refractivity contribution in [1.29, 1.82) is 0 Å². The van der Waals surface area contributed by atoms with Gasteiger partial charge in [0.05, 0.1) is 0 Å². The van der Waals surface area contributed by atoms with E-state index in [1.54, 1.807) is 0 Å². The Morgan fingerprint density at radius 1 is 0.968 bits per heavy atom. The summed E-state index contributed by atoms with van der Waals surface area (Å²) in [6.45, 7) is 0.848. The van der Waals surface area contributed by atoms with Crippen LogP contribution in [0.1, 0.15) is 29.0 Å². The van der Waals surface area contributed by atoms with E-state index in [9.17, 15) is 4.79 Å². The van der Waals surface area contributed by atoms with Gasteiger partial charge in [0.1, 0.15) is 0 Å². The van der Waals surface area contributed by atoms with E-state index in [2.05, 4.69) is 34.6 Å². The van der Waals surface area contributed by atoms with Crippen molar-refractivity contribution in [3.63, 3.8) is 0 Å². The molecule has 0 spiro atoms. The van der Waals surface area contributed by atoms with Gasteiger partial charge in [0.15, 0.2) is 11.5 Å². The van der Waals surface area contributed by atoms with Gasteiger partial charge in [-0.05, 0) is 41.3 Å². The van der Waals surface area contributed by atoms with Gasteiger partial charge >= 0.3 is 0 Å². The monoisotopic (exact) mass is 412 g/mol. The smallest absolute Gasteiger partial charge is 0.231 e. The molecule has 3 aromatic carbocycles. The predicted octanol–water partition coefficient (Wildman–Crippen LogP) is 4.78. The fourth-order valence-corrected chi connectivity index (χ4v) is 4.17. The van der Waals surface area contributed by atoms with Crippen LogP contribution in [0.15, 0.2) is 79.0 Å². The van der Waals surface area contributed by atoms with Gasteiger partial charge < -0.3 is 19.8 Å². The van der Waals surface area contributed by atoms with E-state index in [4.69, 9.17) is 9.47 Å². The number of carbonyl (C=O) groups is 1. The molecule has 1 amide bonds. The molecule has 1 aliphatic rings. The van der Waals surface area contributed by atoms with Crippen LogP contribution in [0, 0.1) is 0 Å². The second-order valence-corrected chi connectivity index (χ2v) is 7.74. The molecular formula is C26H24N2O3.